The molecule has 2 aromatic rings. The van der Waals surface area contributed by atoms with Crippen LogP contribution >= 0.6 is 15.9 Å². The lowest BCUT2D eigenvalue weighted by molar-refractivity contribution is -0.117. The Balaban J connectivity index is 2.03. The van der Waals surface area contributed by atoms with Gasteiger partial charge in [-0.2, -0.15) is 5.26 Å². The summed E-state index contributed by atoms with van der Waals surface area (Å²) in [6.45, 7) is 0.229. The van der Waals surface area contributed by atoms with Gasteiger partial charge in [-0.15, -0.1) is 0 Å². The van der Waals surface area contributed by atoms with E-state index in [4.69, 9.17) is 14.1 Å². The Kier molecular flexibility index (Phi) is 4.21. The molecule has 0 bridgehead atoms. The lowest BCUT2D eigenvalue weighted by Crippen LogP contribution is -2.23. The standard InChI is InChI=1S/C13H9BrN2O3/c14-12-4-3-10(19-12)6-9(7-15)13(17)16-8-11-2-1-5-18-11/h1-6H,8H2,(H,16,17). The first-order valence-electron chi connectivity index (χ1n) is 5.37. The van der Waals surface area contributed by atoms with Gasteiger partial charge in [0.25, 0.3) is 5.91 Å². The van der Waals surface area contributed by atoms with Crippen LogP contribution in [0.15, 0.2) is 49.6 Å². The van der Waals surface area contributed by atoms with Crippen molar-refractivity contribution in [3.63, 3.8) is 0 Å². The Bertz CT molecular complexity index is 635. The summed E-state index contributed by atoms with van der Waals surface area (Å²) in [5, 5.41) is 11.6. The molecule has 0 aliphatic carbocycles. The number of nitrogens with one attached hydrogen (secondary N) is 1. The van der Waals surface area contributed by atoms with Gasteiger partial charge in [0.1, 0.15) is 23.2 Å². The van der Waals surface area contributed by atoms with Crippen molar-refractivity contribution < 1.29 is 13.6 Å². The molecule has 5 nitrogen and oxygen atoms in total. The van der Waals surface area contributed by atoms with Crippen LogP contribution in [0.4, 0.5) is 0 Å². The first-order valence-corrected chi connectivity index (χ1v) is 6.16. The molecule has 1 amide bonds. The van der Waals surface area contributed by atoms with Crippen LogP contribution < -0.4 is 5.32 Å². The monoisotopic (exact) mass is 320 g/mol. The van der Waals surface area contributed by atoms with Crippen molar-refractivity contribution in [2.45, 2.75) is 6.54 Å². The van der Waals surface area contributed by atoms with Crippen molar-refractivity contribution in [3.8, 4) is 6.07 Å². The van der Waals surface area contributed by atoms with Gasteiger partial charge in [0, 0.05) is 6.08 Å². The molecule has 0 saturated heterocycles. The highest BCUT2D eigenvalue weighted by Crippen LogP contribution is 2.16. The van der Waals surface area contributed by atoms with Crippen molar-refractivity contribution in [2.24, 2.45) is 0 Å². The van der Waals surface area contributed by atoms with Gasteiger partial charge in [0.05, 0.1) is 12.8 Å². The molecular formula is C13H9BrN2O3. The van der Waals surface area contributed by atoms with Crippen LogP contribution in [0.1, 0.15) is 11.5 Å². The molecule has 96 valence electrons. The number of rotatable bonds is 4. The maximum Gasteiger partial charge on any atom is 0.262 e. The first kappa shape index (κ1) is 13.2. The predicted molar refractivity (Wildman–Crippen MR) is 70.6 cm³/mol. The summed E-state index contributed by atoms with van der Waals surface area (Å²) in [6, 6.07) is 8.63. The summed E-state index contributed by atoms with van der Waals surface area (Å²) in [7, 11) is 0. The summed E-state index contributed by atoms with van der Waals surface area (Å²) in [4.78, 5) is 11.8. The number of nitrogens with zero attached hydrogens (tertiary/aromatic N) is 1. The molecule has 0 radical (unpaired) electrons. The summed E-state index contributed by atoms with van der Waals surface area (Å²) in [5.74, 6) is 0.564. The van der Waals surface area contributed by atoms with E-state index in [1.54, 1.807) is 24.3 Å². The van der Waals surface area contributed by atoms with Gasteiger partial charge in [0.15, 0.2) is 4.67 Å². The van der Waals surface area contributed by atoms with E-state index in [1.807, 2.05) is 6.07 Å². The highest BCUT2D eigenvalue weighted by molar-refractivity contribution is 9.10. The van der Waals surface area contributed by atoms with E-state index in [1.165, 1.54) is 12.3 Å². The van der Waals surface area contributed by atoms with Gasteiger partial charge in [-0.05, 0) is 40.2 Å². The van der Waals surface area contributed by atoms with Gasteiger partial charge < -0.3 is 14.2 Å². The zero-order valence-corrected chi connectivity index (χ0v) is 11.3. The molecule has 0 atom stereocenters. The molecule has 0 fully saturated rings. The Morgan fingerprint density at radius 2 is 2.32 bits per heavy atom. The zero-order valence-electron chi connectivity index (χ0n) is 9.72. The normalized spacial score (nSPS) is 11.1. The summed E-state index contributed by atoms with van der Waals surface area (Å²) < 4.78 is 10.8. The molecular weight excluding hydrogens is 312 g/mol. The third-order valence-electron chi connectivity index (χ3n) is 2.25. The van der Waals surface area contributed by atoms with E-state index in [2.05, 4.69) is 21.2 Å². The topological polar surface area (TPSA) is 79.2 Å². The van der Waals surface area contributed by atoms with Crippen molar-refractivity contribution in [1.82, 2.24) is 5.32 Å². The van der Waals surface area contributed by atoms with Gasteiger partial charge in [-0.1, -0.05) is 0 Å². The van der Waals surface area contributed by atoms with Crippen LogP contribution in [0.2, 0.25) is 0 Å². The van der Waals surface area contributed by atoms with Gasteiger partial charge in [0.2, 0.25) is 0 Å². The van der Waals surface area contributed by atoms with E-state index >= 15 is 0 Å². The molecule has 0 aliphatic rings. The number of amides is 1. The van der Waals surface area contributed by atoms with Crippen molar-refractivity contribution in [2.75, 3.05) is 0 Å². The summed E-state index contributed by atoms with van der Waals surface area (Å²) >= 11 is 3.15. The number of nitriles is 1. The van der Waals surface area contributed by atoms with Gasteiger partial charge >= 0.3 is 0 Å². The molecule has 0 saturated carbocycles. The fourth-order valence-electron chi connectivity index (χ4n) is 1.37. The average Bonchev–Trinajstić information content (AvgIpc) is 3.04. The largest absolute Gasteiger partial charge is 0.467 e. The maximum atomic E-state index is 11.8. The minimum Gasteiger partial charge on any atom is -0.467 e. The van der Waals surface area contributed by atoms with Gasteiger partial charge in [-0.25, -0.2) is 0 Å². The number of carbonyl (C=O) groups is 1. The second-order valence-electron chi connectivity index (χ2n) is 3.57. The number of hydrogen-bond acceptors (Lipinski definition) is 4. The Morgan fingerprint density at radius 1 is 1.47 bits per heavy atom. The highest BCUT2D eigenvalue weighted by Gasteiger charge is 2.10. The fraction of sp³-hybridized carbons (Fsp3) is 0.0769. The molecule has 0 aliphatic heterocycles. The average molecular weight is 321 g/mol. The van der Waals surface area contributed by atoms with Crippen LogP contribution in [0.5, 0.6) is 0 Å². The van der Waals surface area contributed by atoms with Crippen molar-refractivity contribution in [3.05, 3.63) is 52.3 Å². The lowest BCUT2D eigenvalue weighted by Gasteiger charge is -2.01. The molecule has 0 spiro atoms. The Morgan fingerprint density at radius 3 is 2.89 bits per heavy atom. The molecule has 1 N–H and O–H groups in total. The van der Waals surface area contributed by atoms with E-state index in [-0.39, 0.29) is 12.1 Å². The molecule has 2 aromatic heterocycles. The van der Waals surface area contributed by atoms with Crippen molar-refractivity contribution >= 4 is 27.9 Å². The minimum absolute atomic E-state index is 0.0339. The van der Waals surface area contributed by atoms with Crippen LogP contribution in [0.3, 0.4) is 0 Å². The van der Waals surface area contributed by atoms with E-state index in [9.17, 15) is 4.79 Å². The lowest BCUT2D eigenvalue weighted by atomic mass is 10.2. The molecule has 6 heteroatoms. The summed E-state index contributed by atoms with van der Waals surface area (Å²) in [5.41, 5.74) is -0.0339. The molecule has 0 aromatic carbocycles. The van der Waals surface area contributed by atoms with Crippen LogP contribution in [0, 0.1) is 11.3 Å². The molecule has 19 heavy (non-hydrogen) atoms. The number of halogens is 1. The van der Waals surface area contributed by atoms with E-state index in [0.717, 1.165) is 0 Å². The molecule has 2 rings (SSSR count). The highest BCUT2D eigenvalue weighted by atomic mass is 79.9. The molecule has 0 unspecified atom stereocenters. The third-order valence-corrected chi connectivity index (χ3v) is 2.68. The van der Waals surface area contributed by atoms with Crippen molar-refractivity contribution in [1.29, 1.82) is 5.26 Å². The number of carbonyl (C=O) groups excluding carboxylic acids is 1. The fourth-order valence-corrected chi connectivity index (χ4v) is 1.69. The zero-order chi connectivity index (χ0) is 13.7. The summed E-state index contributed by atoms with van der Waals surface area (Å²) in [6.07, 6.45) is 2.89. The smallest absolute Gasteiger partial charge is 0.262 e. The Labute approximate surface area is 117 Å². The number of furan rings is 2. The number of hydrogen-bond donors (Lipinski definition) is 1. The van der Waals surface area contributed by atoms with Crippen LogP contribution in [-0.4, -0.2) is 5.91 Å². The maximum absolute atomic E-state index is 11.8. The minimum atomic E-state index is -0.480. The second-order valence-corrected chi connectivity index (χ2v) is 4.36. The van der Waals surface area contributed by atoms with Crippen LogP contribution in [0.25, 0.3) is 6.08 Å². The molecule has 2 heterocycles. The van der Waals surface area contributed by atoms with E-state index < -0.39 is 5.91 Å². The van der Waals surface area contributed by atoms with Crippen LogP contribution in [-0.2, 0) is 11.3 Å². The second kappa shape index (κ2) is 6.07. The van der Waals surface area contributed by atoms with Gasteiger partial charge in [-0.3, -0.25) is 4.79 Å². The SMILES string of the molecule is N#CC(=Cc1ccc(Br)o1)C(=O)NCc1ccco1. The predicted octanol–water partition coefficient (Wildman–Crippen LogP) is 2.86. The first-order chi connectivity index (χ1) is 9.19. The van der Waals surface area contributed by atoms with E-state index in [0.29, 0.717) is 16.2 Å². The third kappa shape index (κ3) is 3.60. The Hall–Kier alpha value is -2.26. The quantitative estimate of drug-likeness (QED) is 0.694.